The van der Waals surface area contributed by atoms with Crippen molar-refractivity contribution in [2.75, 3.05) is 19.7 Å². The van der Waals surface area contributed by atoms with Gasteiger partial charge >= 0.3 is 0 Å². The second-order valence-electron chi connectivity index (χ2n) is 4.22. The van der Waals surface area contributed by atoms with Crippen LogP contribution in [0.5, 0.6) is 5.75 Å². The number of hydrogen-bond acceptors (Lipinski definition) is 2. The molecule has 1 aromatic rings. The Hall–Kier alpha value is -0.540. The van der Waals surface area contributed by atoms with Crippen LogP contribution in [0.4, 0.5) is 0 Å². The van der Waals surface area contributed by atoms with Gasteiger partial charge in [-0.3, -0.25) is 4.90 Å². The molecule has 2 heterocycles. The fraction of sp³-hybridized carbons (Fsp3) is 0.500. The summed E-state index contributed by atoms with van der Waals surface area (Å²) in [4.78, 5) is 2.55. The smallest absolute Gasteiger partial charge is 0.125 e. The van der Waals surface area contributed by atoms with E-state index >= 15 is 0 Å². The largest absolute Gasteiger partial charge is 0.493 e. The van der Waals surface area contributed by atoms with Crippen LogP contribution in [-0.2, 0) is 0 Å². The molecule has 1 unspecified atom stereocenters. The number of fused-ring (bicyclic) bond motifs is 1. The van der Waals surface area contributed by atoms with Crippen molar-refractivity contribution < 1.29 is 4.74 Å². The topological polar surface area (TPSA) is 12.5 Å². The van der Waals surface area contributed by atoms with Crippen LogP contribution >= 0.6 is 15.9 Å². The van der Waals surface area contributed by atoms with E-state index in [9.17, 15) is 0 Å². The highest BCUT2D eigenvalue weighted by atomic mass is 79.9. The number of ether oxygens (including phenoxy) is 1. The standard InChI is InChI=1S/C12H14BrNO/c13-9-2-3-10-11(14-5-1-6-14)4-7-15-12(10)8-9/h2-3,8,11H,1,4-7H2. The second kappa shape index (κ2) is 3.80. The van der Waals surface area contributed by atoms with Gasteiger partial charge in [0.15, 0.2) is 0 Å². The molecular formula is C12H14BrNO. The van der Waals surface area contributed by atoms with Crippen molar-refractivity contribution in [1.82, 2.24) is 4.90 Å². The molecule has 0 bridgehead atoms. The van der Waals surface area contributed by atoms with Crippen LogP contribution in [0.25, 0.3) is 0 Å². The van der Waals surface area contributed by atoms with Gasteiger partial charge < -0.3 is 4.74 Å². The molecule has 2 aliphatic rings. The quantitative estimate of drug-likeness (QED) is 0.776. The van der Waals surface area contributed by atoms with Crippen molar-refractivity contribution in [2.24, 2.45) is 0 Å². The van der Waals surface area contributed by atoms with Crippen molar-refractivity contribution >= 4 is 15.9 Å². The van der Waals surface area contributed by atoms with Gasteiger partial charge in [-0.2, -0.15) is 0 Å². The summed E-state index contributed by atoms with van der Waals surface area (Å²) < 4.78 is 6.80. The maximum absolute atomic E-state index is 5.70. The normalized spacial score (nSPS) is 25.3. The lowest BCUT2D eigenvalue weighted by molar-refractivity contribution is 0.0842. The van der Waals surface area contributed by atoms with Crippen molar-refractivity contribution in [1.29, 1.82) is 0 Å². The Morgan fingerprint density at radius 3 is 2.93 bits per heavy atom. The average Bonchev–Trinajstić information content (AvgIpc) is 2.15. The molecule has 15 heavy (non-hydrogen) atoms. The summed E-state index contributed by atoms with van der Waals surface area (Å²) in [6.07, 6.45) is 2.48. The molecule has 80 valence electrons. The molecule has 0 amide bonds. The first-order valence-electron chi connectivity index (χ1n) is 5.51. The number of rotatable bonds is 1. The summed E-state index contributed by atoms with van der Waals surface area (Å²) in [6, 6.07) is 6.99. The molecule has 0 aliphatic carbocycles. The Bertz CT molecular complexity index is 376. The summed E-state index contributed by atoms with van der Waals surface area (Å²) in [6.45, 7) is 3.35. The average molecular weight is 268 g/mol. The Balaban J connectivity index is 1.95. The third-order valence-corrected chi connectivity index (χ3v) is 3.81. The fourth-order valence-electron chi connectivity index (χ4n) is 2.38. The van der Waals surface area contributed by atoms with Gasteiger partial charge in [0, 0.05) is 22.5 Å². The summed E-state index contributed by atoms with van der Waals surface area (Å²) in [5.41, 5.74) is 1.36. The molecule has 1 aromatic carbocycles. The van der Waals surface area contributed by atoms with Gasteiger partial charge in [-0.15, -0.1) is 0 Å². The Morgan fingerprint density at radius 1 is 1.33 bits per heavy atom. The van der Waals surface area contributed by atoms with Gasteiger partial charge in [-0.1, -0.05) is 22.0 Å². The van der Waals surface area contributed by atoms with E-state index in [-0.39, 0.29) is 0 Å². The third kappa shape index (κ3) is 1.68. The van der Waals surface area contributed by atoms with Gasteiger partial charge in [0.25, 0.3) is 0 Å². The van der Waals surface area contributed by atoms with Crippen molar-refractivity contribution in [3.8, 4) is 5.75 Å². The summed E-state index contributed by atoms with van der Waals surface area (Å²) in [5.74, 6) is 1.06. The minimum Gasteiger partial charge on any atom is -0.493 e. The lowest BCUT2D eigenvalue weighted by Gasteiger charge is -2.41. The molecule has 3 heteroatoms. The van der Waals surface area contributed by atoms with E-state index in [2.05, 4.69) is 39.0 Å². The SMILES string of the molecule is Brc1ccc2c(c1)OCCC2N1CCC1. The number of hydrogen-bond donors (Lipinski definition) is 0. The van der Waals surface area contributed by atoms with Crippen LogP contribution in [0.2, 0.25) is 0 Å². The molecule has 0 saturated carbocycles. The molecule has 3 rings (SSSR count). The first kappa shape index (κ1) is 9.67. The van der Waals surface area contributed by atoms with Gasteiger partial charge in [-0.25, -0.2) is 0 Å². The van der Waals surface area contributed by atoms with Gasteiger partial charge in [0.05, 0.1) is 6.61 Å². The highest BCUT2D eigenvalue weighted by Crippen LogP contribution is 2.39. The zero-order valence-electron chi connectivity index (χ0n) is 8.58. The minimum absolute atomic E-state index is 0.593. The molecule has 2 nitrogen and oxygen atoms in total. The van der Waals surface area contributed by atoms with Crippen molar-refractivity contribution in [2.45, 2.75) is 18.9 Å². The Morgan fingerprint density at radius 2 is 2.20 bits per heavy atom. The first-order valence-corrected chi connectivity index (χ1v) is 6.30. The number of halogens is 1. The maximum atomic E-state index is 5.70. The molecule has 0 spiro atoms. The van der Waals surface area contributed by atoms with E-state index in [1.807, 2.05) is 0 Å². The maximum Gasteiger partial charge on any atom is 0.125 e. The molecule has 1 saturated heterocycles. The Kier molecular flexibility index (Phi) is 2.45. The van der Waals surface area contributed by atoms with Crippen LogP contribution in [0, 0.1) is 0 Å². The second-order valence-corrected chi connectivity index (χ2v) is 5.14. The van der Waals surface area contributed by atoms with E-state index in [0.29, 0.717) is 6.04 Å². The van der Waals surface area contributed by atoms with E-state index in [1.54, 1.807) is 0 Å². The number of nitrogens with zero attached hydrogens (tertiary/aromatic N) is 1. The van der Waals surface area contributed by atoms with Crippen LogP contribution in [0.3, 0.4) is 0 Å². The zero-order chi connectivity index (χ0) is 10.3. The fourth-order valence-corrected chi connectivity index (χ4v) is 2.72. The summed E-state index contributed by atoms with van der Waals surface area (Å²) in [5, 5.41) is 0. The molecule has 2 aliphatic heterocycles. The molecule has 0 aromatic heterocycles. The van der Waals surface area contributed by atoms with Gasteiger partial charge in [0.2, 0.25) is 0 Å². The lowest BCUT2D eigenvalue weighted by atomic mass is 9.96. The van der Waals surface area contributed by atoms with Crippen LogP contribution in [-0.4, -0.2) is 24.6 Å². The third-order valence-electron chi connectivity index (χ3n) is 3.31. The predicted molar refractivity (Wildman–Crippen MR) is 63.2 cm³/mol. The summed E-state index contributed by atoms with van der Waals surface area (Å²) in [7, 11) is 0. The van der Waals surface area contributed by atoms with Crippen molar-refractivity contribution in [3.63, 3.8) is 0 Å². The molecule has 0 radical (unpaired) electrons. The number of likely N-dealkylation sites (tertiary alicyclic amines) is 1. The first-order chi connectivity index (χ1) is 7.34. The molecule has 1 atom stereocenters. The lowest BCUT2D eigenvalue weighted by Crippen LogP contribution is -2.41. The Labute approximate surface area is 98.4 Å². The van der Waals surface area contributed by atoms with Gasteiger partial charge in [-0.05, 0) is 31.6 Å². The van der Waals surface area contributed by atoms with Crippen LogP contribution in [0.15, 0.2) is 22.7 Å². The highest BCUT2D eigenvalue weighted by molar-refractivity contribution is 9.10. The van der Waals surface area contributed by atoms with Gasteiger partial charge in [0.1, 0.15) is 5.75 Å². The predicted octanol–water partition coefficient (Wildman–Crippen LogP) is 2.98. The minimum atomic E-state index is 0.593. The van der Waals surface area contributed by atoms with E-state index in [1.165, 1.54) is 25.1 Å². The van der Waals surface area contributed by atoms with E-state index in [0.717, 1.165) is 23.2 Å². The highest BCUT2D eigenvalue weighted by Gasteiger charge is 2.30. The van der Waals surface area contributed by atoms with Crippen molar-refractivity contribution in [3.05, 3.63) is 28.2 Å². The van der Waals surface area contributed by atoms with E-state index in [4.69, 9.17) is 4.74 Å². The molecular weight excluding hydrogens is 254 g/mol. The zero-order valence-corrected chi connectivity index (χ0v) is 10.2. The molecule has 1 fully saturated rings. The van der Waals surface area contributed by atoms with E-state index < -0.39 is 0 Å². The summed E-state index contributed by atoms with van der Waals surface area (Å²) >= 11 is 3.48. The van der Waals surface area contributed by atoms with Crippen LogP contribution < -0.4 is 4.74 Å². The monoisotopic (exact) mass is 267 g/mol. The molecule has 0 N–H and O–H groups in total. The van der Waals surface area contributed by atoms with Crippen LogP contribution in [0.1, 0.15) is 24.4 Å². The number of benzene rings is 1.